The second-order valence-corrected chi connectivity index (χ2v) is 7.43. The molecule has 0 saturated carbocycles. The third kappa shape index (κ3) is 3.35. The lowest BCUT2D eigenvalue weighted by Crippen LogP contribution is -2.25. The normalized spacial score (nSPS) is 16.4. The maximum absolute atomic E-state index is 14.2. The number of nitrogens with zero attached hydrogens (tertiary/aromatic N) is 4. The fourth-order valence-electron chi connectivity index (χ4n) is 3.50. The molecule has 9 heteroatoms. The van der Waals surface area contributed by atoms with Crippen LogP contribution in [0.15, 0.2) is 59.1 Å². The van der Waals surface area contributed by atoms with Crippen molar-refractivity contribution in [3.8, 4) is 22.8 Å². The average Bonchev–Trinajstić information content (AvgIpc) is 3.49. The summed E-state index contributed by atoms with van der Waals surface area (Å²) in [6, 6.07) is 15.6. The molecule has 1 amide bonds. The molecule has 3 heterocycles. The Kier molecular flexibility index (Phi) is 4.55. The van der Waals surface area contributed by atoms with Crippen LogP contribution in [0, 0.1) is 5.82 Å². The fraction of sp³-hybridized carbons (Fsp3) is 0.143. The maximum atomic E-state index is 14.2. The summed E-state index contributed by atoms with van der Waals surface area (Å²) in [6.45, 7) is 0.243. The van der Waals surface area contributed by atoms with Crippen LogP contribution in [0.4, 0.5) is 10.1 Å². The molecule has 0 aliphatic carbocycles. The first-order valence-corrected chi connectivity index (χ1v) is 9.66. The molecular weight excluding hydrogens is 409 g/mol. The smallest absolute Gasteiger partial charge is 0.275 e. The van der Waals surface area contributed by atoms with E-state index in [-0.39, 0.29) is 36.4 Å². The van der Waals surface area contributed by atoms with E-state index in [9.17, 15) is 9.18 Å². The van der Waals surface area contributed by atoms with Gasteiger partial charge in [0.1, 0.15) is 11.5 Å². The molecule has 0 spiro atoms. The Bertz CT molecular complexity index is 1220. The Balaban J connectivity index is 1.37. The highest BCUT2D eigenvalue weighted by Crippen LogP contribution is 2.34. The molecular formula is C21H15ClFN5O2. The number of rotatable bonds is 4. The molecule has 1 saturated heterocycles. The standard InChI is InChI=1S/C21H15ClFN5O2/c22-14-6-7-15(23)18(9-14)28-11-13(8-19(28)29)20-24-21(30-27-20)17-10-16(25-26-17)12-4-2-1-3-5-12/h1-7,9-10,13H,8,11H2,(H,25,26). The molecule has 2 aromatic carbocycles. The van der Waals surface area contributed by atoms with Gasteiger partial charge >= 0.3 is 0 Å². The second-order valence-electron chi connectivity index (χ2n) is 6.99. The fourth-order valence-corrected chi connectivity index (χ4v) is 3.67. The summed E-state index contributed by atoms with van der Waals surface area (Å²) in [5, 5.41) is 11.6. The summed E-state index contributed by atoms with van der Waals surface area (Å²) in [7, 11) is 0. The highest BCUT2D eigenvalue weighted by atomic mass is 35.5. The molecule has 1 N–H and O–H groups in total. The number of carbonyl (C=O) groups is 1. The molecule has 0 bridgehead atoms. The number of H-pyrrole nitrogens is 1. The number of aromatic nitrogens is 4. The second kappa shape index (κ2) is 7.38. The topological polar surface area (TPSA) is 87.9 Å². The third-order valence-electron chi connectivity index (χ3n) is 5.01. The van der Waals surface area contributed by atoms with Crippen LogP contribution in [0.1, 0.15) is 18.2 Å². The van der Waals surface area contributed by atoms with Gasteiger partial charge in [-0.25, -0.2) is 4.39 Å². The van der Waals surface area contributed by atoms with Crippen molar-refractivity contribution >= 4 is 23.2 Å². The molecule has 4 aromatic rings. The molecule has 0 radical (unpaired) electrons. The van der Waals surface area contributed by atoms with Crippen LogP contribution in [-0.4, -0.2) is 32.8 Å². The number of halogens is 2. The summed E-state index contributed by atoms with van der Waals surface area (Å²) >= 11 is 5.96. The Morgan fingerprint density at radius 3 is 2.83 bits per heavy atom. The Hall–Kier alpha value is -3.52. The molecule has 150 valence electrons. The lowest BCUT2D eigenvalue weighted by Gasteiger charge is -2.17. The van der Waals surface area contributed by atoms with Crippen LogP contribution in [-0.2, 0) is 4.79 Å². The number of benzene rings is 2. The quantitative estimate of drug-likeness (QED) is 0.524. The summed E-state index contributed by atoms with van der Waals surface area (Å²) in [5.41, 5.74) is 2.44. The first-order chi connectivity index (χ1) is 14.6. The molecule has 1 aliphatic heterocycles. The van der Waals surface area contributed by atoms with Crippen molar-refractivity contribution in [2.75, 3.05) is 11.4 Å². The zero-order valence-corrected chi connectivity index (χ0v) is 16.3. The first-order valence-electron chi connectivity index (χ1n) is 9.29. The first kappa shape index (κ1) is 18.5. The van der Waals surface area contributed by atoms with E-state index >= 15 is 0 Å². The van der Waals surface area contributed by atoms with E-state index in [1.165, 1.54) is 23.1 Å². The van der Waals surface area contributed by atoms with Crippen LogP contribution >= 0.6 is 11.6 Å². The van der Waals surface area contributed by atoms with Crippen molar-refractivity contribution in [3.63, 3.8) is 0 Å². The summed E-state index contributed by atoms with van der Waals surface area (Å²) < 4.78 is 19.6. The maximum Gasteiger partial charge on any atom is 0.275 e. The van der Waals surface area contributed by atoms with Gasteiger partial charge in [0.05, 0.1) is 11.4 Å². The van der Waals surface area contributed by atoms with Gasteiger partial charge in [-0.15, -0.1) is 0 Å². The monoisotopic (exact) mass is 423 g/mol. The van der Waals surface area contributed by atoms with Gasteiger partial charge in [0.25, 0.3) is 5.89 Å². The van der Waals surface area contributed by atoms with E-state index in [1.807, 2.05) is 36.4 Å². The summed E-state index contributed by atoms with van der Waals surface area (Å²) in [4.78, 5) is 18.3. The van der Waals surface area contributed by atoms with Gasteiger partial charge in [-0.1, -0.05) is 47.1 Å². The zero-order chi connectivity index (χ0) is 20.7. The van der Waals surface area contributed by atoms with Gasteiger partial charge in [-0.2, -0.15) is 10.1 Å². The SMILES string of the molecule is O=C1CC(c2noc(-c3cc(-c4ccccc4)n[nH]3)n2)CN1c1cc(Cl)ccc1F. The van der Waals surface area contributed by atoms with E-state index in [0.717, 1.165) is 11.3 Å². The van der Waals surface area contributed by atoms with E-state index in [4.69, 9.17) is 16.1 Å². The predicted molar refractivity (Wildman–Crippen MR) is 108 cm³/mol. The van der Waals surface area contributed by atoms with Crippen molar-refractivity contribution < 1.29 is 13.7 Å². The Labute approximate surface area is 175 Å². The molecule has 1 unspecified atom stereocenters. The van der Waals surface area contributed by atoms with Crippen LogP contribution in [0.3, 0.4) is 0 Å². The van der Waals surface area contributed by atoms with Crippen molar-refractivity contribution in [2.24, 2.45) is 0 Å². The van der Waals surface area contributed by atoms with E-state index in [2.05, 4.69) is 20.3 Å². The minimum Gasteiger partial charge on any atom is -0.332 e. The van der Waals surface area contributed by atoms with Gasteiger partial charge < -0.3 is 9.42 Å². The van der Waals surface area contributed by atoms with Gasteiger partial charge in [0.15, 0.2) is 5.82 Å². The number of aromatic amines is 1. The molecule has 1 atom stereocenters. The van der Waals surface area contributed by atoms with Gasteiger partial charge in [0, 0.05) is 29.5 Å². The number of carbonyl (C=O) groups excluding carboxylic acids is 1. The zero-order valence-electron chi connectivity index (χ0n) is 15.5. The molecule has 1 aliphatic rings. The van der Waals surface area contributed by atoms with Gasteiger partial charge in [-0.3, -0.25) is 9.89 Å². The van der Waals surface area contributed by atoms with E-state index in [1.54, 1.807) is 0 Å². The molecule has 7 nitrogen and oxygen atoms in total. The van der Waals surface area contributed by atoms with Crippen molar-refractivity contribution in [3.05, 3.63) is 71.3 Å². The minimum absolute atomic E-state index is 0.153. The van der Waals surface area contributed by atoms with Crippen molar-refractivity contribution in [1.29, 1.82) is 0 Å². The van der Waals surface area contributed by atoms with Crippen LogP contribution in [0.5, 0.6) is 0 Å². The van der Waals surface area contributed by atoms with Crippen LogP contribution < -0.4 is 4.90 Å². The number of anilines is 1. The Morgan fingerprint density at radius 2 is 2.00 bits per heavy atom. The number of hydrogen-bond acceptors (Lipinski definition) is 5. The van der Waals surface area contributed by atoms with Gasteiger partial charge in [-0.05, 0) is 24.3 Å². The molecule has 30 heavy (non-hydrogen) atoms. The number of amides is 1. The molecule has 5 rings (SSSR count). The predicted octanol–water partition coefficient (Wildman–Crippen LogP) is 4.44. The van der Waals surface area contributed by atoms with Crippen molar-refractivity contribution in [2.45, 2.75) is 12.3 Å². The molecule has 1 fully saturated rings. The highest BCUT2D eigenvalue weighted by molar-refractivity contribution is 6.31. The summed E-state index contributed by atoms with van der Waals surface area (Å²) in [6.07, 6.45) is 0.156. The highest BCUT2D eigenvalue weighted by Gasteiger charge is 2.36. The third-order valence-corrected chi connectivity index (χ3v) is 5.24. The van der Waals surface area contributed by atoms with Crippen LogP contribution in [0.25, 0.3) is 22.8 Å². The van der Waals surface area contributed by atoms with Crippen molar-refractivity contribution in [1.82, 2.24) is 20.3 Å². The Morgan fingerprint density at radius 1 is 1.17 bits per heavy atom. The number of hydrogen-bond donors (Lipinski definition) is 1. The molecule has 2 aromatic heterocycles. The summed E-state index contributed by atoms with van der Waals surface area (Å²) in [5.74, 6) is -0.378. The number of nitrogens with one attached hydrogen (secondary N) is 1. The lowest BCUT2D eigenvalue weighted by molar-refractivity contribution is -0.117. The minimum atomic E-state index is -0.506. The van der Waals surface area contributed by atoms with Crippen LogP contribution in [0.2, 0.25) is 5.02 Å². The largest absolute Gasteiger partial charge is 0.332 e. The average molecular weight is 424 g/mol. The van der Waals surface area contributed by atoms with E-state index < -0.39 is 5.82 Å². The van der Waals surface area contributed by atoms with Gasteiger partial charge in [0.2, 0.25) is 5.91 Å². The lowest BCUT2D eigenvalue weighted by atomic mass is 10.1. The van der Waals surface area contributed by atoms with E-state index in [0.29, 0.717) is 16.5 Å².